The van der Waals surface area contributed by atoms with Gasteiger partial charge in [0.05, 0.1) is 0 Å². The van der Waals surface area contributed by atoms with E-state index in [1.165, 1.54) is 11.1 Å². The van der Waals surface area contributed by atoms with E-state index in [2.05, 4.69) is 19.4 Å². The van der Waals surface area contributed by atoms with Crippen molar-refractivity contribution in [3.05, 3.63) is 23.8 Å². The second-order valence-electron chi connectivity index (χ2n) is 8.55. The van der Waals surface area contributed by atoms with Gasteiger partial charge < -0.3 is 5.11 Å². The van der Waals surface area contributed by atoms with Gasteiger partial charge in [-0.15, -0.1) is 6.42 Å². The summed E-state index contributed by atoms with van der Waals surface area (Å²) in [6.07, 6.45) is 15.1. The molecule has 4 aliphatic rings. The minimum atomic E-state index is -0.973. The van der Waals surface area contributed by atoms with E-state index in [-0.39, 0.29) is 5.41 Å². The van der Waals surface area contributed by atoms with Crippen LogP contribution in [0.5, 0.6) is 0 Å². The van der Waals surface area contributed by atoms with Crippen molar-refractivity contribution in [2.45, 2.75) is 63.9 Å². The largest absolute Gasteiger partial charge is 0.377 e. The maximum atomic E-state index is 11.8. The van der Waals surface area contributed by atoms with Crippen LogP contribution in [0.3, 0.4) is 0 Å². The molecule has 0 aromatic heterocycles. The number of terminal acetylenes is 1. The first-order valence-corrected chi connectivity index (χ1v) is 9.57. The number of hydrogen-bond acceptors (Lipinski definition) is 2. The van der Waals surface area contributed by atoms with Gasteiger partial charge in [0.2, 0.25) is 0 Å². The maximum absolute atomic E-state index is 11.8. The van der Waals surface area contributed by atoms with E-state index in [4.69, 9.17) is 6.42 Å². The van der Waals surface area contributed by atoms with Crippen LogP contribution >= 0.6 is 0 Å². The number of aliphatic hydroxyl groups is 1. The van der Waals surface area contributed by atoms with E-state index in [1.54, 1.807) is 0 Å². The quantitative estimate of drug-likeness (QED) is 0.583. The molecule has 0 aliphatic heterocycles. The van der Waals surface area contributed by atoms with E-state index >= 15 is 0 Å². The summed E-state index contributed by atoms with van der Waals surface area (Å²) in [6, 6.07) is 0. The zero-order valence-corrected chi connectivity index (χ0v) is 14.7. The molecule has 6 atom stereocenters. The standard InChI is InChI=1S/C22H28O2/c1-4-21-13-14(3)20-17-9-7-16(23)12-15(17)6-8-18(20)19(21)10-11-22(21,24)5-2/h2,12,17-20,24H,3-4,6-11,13H2,1H3/t17-,18-,19?,20?,21-,22-/m0/s1. The zero-order valence-electron chi connectivity index (χ0n) is 14.7. The van der Waals surface area contributed by atoms with Crippen LogP contribution in [0.1, 0.15) is 58.3 Å². The van der Waals surface area contributed by atoms with Gasteiger partial charge in [-0.2, -0.15) is 0 Å². The van der Waals surface area contributed by atoms with Gasteiger partial charge in [-0.05, 0) is 74.7 Å². The molecule has 0 heterocycles. The van der Waals surface area contributed by atoms with Gasteiger partial charge in [-0.25, -0.2) is 0 Å². The molecule has 0 spiro atoms. The van der Waals surface area contributed by atoms with Crippen molar-refractivity contribution in [3.8, 4) is 12.3 Å². The molecule has 3 saturated carbocycles. The summed E-state index contributed by atoms with van der Waals surface area (Å²) in [5.74, 6) is 5.13. The van der Waals surface area contributed by atoms with Crippen molar-refractivity contribution < 1.29 is 9.90 Å². The fourth-order valence-electron chi connectivity index (χ4n) is 6.90. The lowest BCUT2D eigenvalue weighted by molar-refractivity contribution is -0.116. The van der Waals surface area contributed by atoms with Gasteiger partial charge in [-0.1, -0.05) is 30.6 Å². The monoisotopic (exact) mass is 324 g/mol. The van der Waals surface area contributed by atoms with Gasteiger partial charge in [0.15, 0.2) is 5.78 Å². The molecule has 2 heteroatoms. The number of ketones is 1. The molecule has 0 aromatic rings. The first kappa shape index (κ1) is 16.2. The summed E-state index contributed by atoms with van der Waals surface area (Å²) < 4.78 is 0. The van der Waals surface area contributed by atoms with E-state index in [9.17, 15) is 9.90 Å². The molecular formula is C22H28O2. The maximum Gasteiger partial charge on any atom is 0.155 e. The molecule has 24 heavy (non-hydrogen) atoms. The van der Waals surface area contributed by atoms with E-state index in [0.717, 1.165) is 44.9 Å². The van der Waals surface area contributed by atoms with E-state index in [1.807, 2.05) is 6.08 Å². The Hall–Kier alpha value is -1.33. The molecular weight excluding hydrogens is 296 g/mol. The molecule has 0 aromatic carbocycles. The SMILES string of the molecule is C#C[C@]1(O)CCC2[C@@H]3CCC4=CC(=O)CC[C@@H]4C3C(=C)C[C@@]21CC. The van der Waals surface area contributed by atoms with Crippen molar-refractivity contribution in [1.82, 2.24) is 0 Å². The number of rotatable bonds is 1. The lowest BCUT2D eigenvalue weighted by atomic mass is 9.48. The molecule has 128 valence electrons. The van der Waals surface area contributed by atoms with E-state index in [0.29, 0.717) is 35.9 Å². The summed E-state index contributed by atoms with van der Waals surface area (Å²) in [7, 11) is 0. The fraction of sp³-hybridized carbons (Fsp3) is 0.682. The normalized spacial score (nSPS) is 47.3. The van der Waals surface area contributed by atoms with Crippen molar-refractivity contribution in [1.29, 1.82) is 0 Å². The predicted molar refractivity (Wildman–Crippen MR) is 95.0 cm³/mol. The number of allylic oxidation sites excluding steroid dienone is 2. The third-order valence-corrected chi connectivity index (χ3v) is 7.94. The van der Waals surface area contributed by atoms with Crippen molar-refractivity contribution >= 4 is 5.78 Å². The first-order valence-electron chi connectivity index (χ1n) is 9.57. The minimum absolute atomic E-state index is 0.189. The van der Waals surface area contributed by atoms with Crippen LogP contribution in [0.4, 0.5) is 0 Å². The van der Waals surface area contributed by atoms with Crippen LogP contribution < -0.4 is 0 Å². The van der Waals surface area contributed by atoms with E-state index < -0.39 is 5.60 Å². The molecule has 4 rings (SSSR count). The summed E-state index contributed by atoms with van der Waals surface area (Å²) >= 11 is 0. The molecule has 2 unspecified atom stereocenters. The van der Waals surface area contributed by atoms with Crippen LogP contribution in [-0.4, -0.2) is 16.5 Å². The summed E-state index contributed by atoms with van der Waals surface area (Å²) in [5, 5.41) is 11.2. The predicted octanol–water partition coefficient (Wildman–Crippen LogP) is 4.05. The Bertz CT molecular complexity index is 666. The number of fused-ring (bicyclic) bond motifs is 5. The average molecular weight is 324 g/mol. The summed E-state index contributed by atoms with van der Waals surface area (Å²) in [4.78, 5) is 11.8. The molecule has 0 amide bonds. The smallest absolute Gasteiger partial charge is 0.155 e. The van der Waals surface area contributed by atoms with Crippen LogP contribution in [0.2, 0.25) is 0 Å². The Morgan fingerprint density at radius 1 is 1.38 bits per heavy atom. The Morgan fingerprint density at radius 2 is 2.17 bits per heavy atom. The topological polar surface area (TPSA) is 37.3 Å². The summed E-state index contributed by atoms with van der Waals surface area (Å²) in [5.41, 5.74) is 1.48. The highest BCUT2D eigenvalue weighted by Crippen LogP contribution is 2.67. The lowest BCUT2D eigenvalue weighted by Gasteiger charge is -2.56. The highest BCUT2D eigenvalue weighted by atomic mass is 16.3. The molecule has 3 fully saturated rings. The van der Waals surface area contributed by atoms with Crippen molar-refractivity contribution in [2.24, 2.45) is 29.1 Å². The number of hydrogen-bond donors (Lipinski definition) is 1. The van der Waals surface area contributed by atoms with Crippen LogP contribution in [-0.2, 0) is 4.79 Å². The minimum Gasteiger partial charge on any atom is -0.377 e. The highest BCUT2D eigenvalue weighted by molar-refractivity contribution is 5.91. The summed E-state index contributed by atoms with van der Waals surface area (Å²) in [6.45, 7) is 6.65. The molecule has 4 aliphatic carbocycles. The first-order chi connectivity index (χ1) is 11.5. The lowest BCUT2D eigenvalue weighted by Crippen LogP contribution is -2.54. The Kier molecular flexibility index (Phi) is 3.59. The molecule has 1 N–H and O–H groups in total. The highest BCUT2D eigenvalue weighted by Gasteiger charge is 2.64. The van der Waals surface area contributed by atoms with Crippen molar-refractivity contribution in [2.75, 3.05) is 0 Å². The number of carbonyl (C=O) groups excluding carboxylic acids is 1. The Labute approximate surface area is 145 Å². The third kappa shape index (κ3) is 1.91. The van der Waals surface area contributed by atoms with Gasteiger partial charge in [0.25, 0.3) is 0 Å². The average Bonchev–Trinajstić information content (AvgIpc) is 2.88. The van der Waals surface area contributed by atoms with Crippen LogP contribution in [0, 0.1) is 41.4 Å². The Morgan fingerprint density at radius 3 is 2.88 bits per heavy atom. The van der Waals surface area contributed by atoms with Crippen LogP contribution in [0.15, 0.2) is 23.8 Å². The molecule has 0 bridgehead atoms. The fourth-order valence-corrected chi connectivity index (χ4v) is 6.90. The second-order valence-corrected chi connectivity index (χ2v) is 8.55. The third-order valence-electron chi connectivity index (χ3n) is 7.94. The van der Waals surface area contributed by atoms with Crippen LogP contribution in [0.25, 0.3) is 0 Å². The zero-order chi connectivity index (χ0) is 17.1. The molecule has 2 nitrogen and oxygen atoms in total. The van der Waals surface area contributed by atoms with Gasteiger partial charge in [-0.3, -0.25) is 4.79 Å². The van der Waals surface area contributed by atoms with Gasteiger partial charge in [0.1, 0.15) is 5.60 Å². The number of carbonyl (C=O) groups is 1. The Balaban J connectivity index is 1.74. The van der Waals surface area contributed by atoms with Crippen molar-refractivity contribution in [3.63, 3.8) is 0 Å². The molecule has 0 radical (unpaired) electrons. The van der Waals surface area contributed by atoms with Gasteiger partial charge >= 0.3 is 0 Å². The second kappa shape index (κ2) is 5.33. The molecule has 0 saturated heterocycles. The van der Waals surface area contributed by atoms with Gasteiger partial charge in [0, 0.05) is 11.8 Å².